The van der Waals surface area contributed by atoms with E-state index in [0.717, 1.165) is 45.1 Å². The Bertz CT molecular complexity index is 311. The molecule has 1 unspecified atom stereocenters. The first kappa shape index (κ1) is 13.3. The zero-order chi connectivity index (χ0) is 13.0. The minimum absolute atomic E-state index is 0.129. The van der Waals surface area contributed by atoms with Crippen molar-refractivity contribution >= 4 is 11.9 Å². The van der Waals surface area contributed by atoms with Gasteiger partial charge in [-0.25, -0.2) is 0 Å². The number of carboxylic acid groups (broad SMARTS) is 1. The Morgan fingerprint density at radius 1 is 1.17 bits per heavy atom. The van der Waals surface area contributed by atoms with Crippen molar-refractivity contribution in [3.63, 3.8) is 0 Å². The summed E-state index contributed by atoms with van der Waals surface area (Å²) in [7, 11) is 0. The van der Waals surface area contributed by atoms with E-state index in [1.54, 1.807) is 0 Å². The third-order valence-electron chi connectivity index (χ3n) is 4.03. The van der Waals surface area contributed by atoms with E-state index >= 15 is 0 Å². The van der Waals surface area contributed by atoms with Crippen molar-refractivity contribution in [2.24, 2.45) is 5.92 Å². The number of carbonyl (C=O) groups excluding carboxylic acids is 1. The lowest BCUT2D eigenvalue weighted by atomic mass is 9.85. The van der Waals surface area contributed by atoms with E-state index in [4.69, 9.17) is 5.11 Å². The Morgan fingerprint density at radius 3 is 2.56 bits per heavy atom. The van der Waals surface area contributed by atoms with Crippen molar-refractivity contribution in [3.8, 4) is 0 Å². The average molecular weight is 254 g/mol. The normalized spacial score (nSPS) is 33.6. The molecule has 1 heterocycles. The summed E-state index contributed by atoms with van der Waals surface area (Å²) in [5, 5.41) is 15.4. The molecule has 1 saturated heterocycles. The number of carbonyl (C=O) groups is 2. The second-order valence-corrected chi connectivity index (χ2v) is 5.45. The van der Waals surface area contributed by atoms with Crippen molar-refractivity contribution in [2.45, 2.75) is 57.0 Å². The minimum Gasteiger partial charge on any atom is -0.481 e. The summed E-state index contributed by atoms with van der Waals surface area (Å²) in [4.78, 5) is 22.3. The number of hydrogen-bond acceptors (Lipinski definition) is 3. The van der Waals surface area contributed by atoms with E-state index in [9.17, 15) is 9.59 Å². The Kier molecular flexibility index (Phi) is 4.58. The highest BCUT2D eigenvalue weighted by Gasteiger charge is 2.28. The standard InChI is InChI=1S/C13H22N2O3/c16-12-8-11(2-1-7-14-12)15-10-5-3-9(4-6-10)13(17)18/h9-11,15H,1-8H2,(H,14,16)(H,17,18). The van der Waals surface area contributed by atoms with Gasteiger partial charge in [0.05, 0.1) is 5.92 Å². The predicted molar refractivity (Wildman–Crippen MR) is 67.2 cm³/mol. The van der Waals surface area contributed by atoms with Crippen LogP contribution in [0.15, 0.2) is 0 Å². The van der Waals surface area contributed by atoms with Crippen LogP contribution in [0.1, 0.15) is 44.9 Å². The average Bonchev–Trinajstić information content (AvgIpc) is 2.54. The van der Waals surface area contributed by atoms with Crippen molar-refractivity contribution in [3.05, 3.63) is 0 Å². The molecule has 0 spiro atoms. The fourth-order valence-corrected chi connectivity index (χ4v) is 2.96. The number of nitrogens with one attached hydrogen (secondary N) is 2. The first-order valence-corrected chi connectivity index (χ1v) is 6.90. The molecule has 0 bridgehead atoms. The molecule has 0 aromatic heterocycles. The molecular weight excluding hydrogens is 232 g/mol. The first-order valence-electron chi connectivity index (χ1n) is 6.90. The topological polar surface area (TPSA) is 78.4 Å². The van der Waals surface area contributed by atoms with E-state index in [1.165, 1.54) is 0 Å². The summed E-state index contributed by atoms with van der Waals surface area (Å²) >= 11 is 0. The molecule has 5 nitrogen and oxygen atoms in total. The Morgan fingerprint density at radius 2 is 1.89 bits per heavy atom. The van der Waals surface area contributed by atoms with Gasteiger partial charge in [0.2, 0.25) is 5.91 Å². The highest BCUT2D eigenvalue weighted by molar-refractivity contribution is 5.76. The fourth-order valence-electron chi connectivity index (χ4n) is 2.96. The Hall–Kier alpha value is -1.10. The molecule has 0 aromatic carbocycles. The zero-order valence-corrected chi connectivity index (χ0v) is 10.7. The lowest BCUT2D eigenvalue weighted by Crippen LogP contribution is -2.42. The second-order valence-electron chi connectivity index (χ2n) is 5.45. The summed E-state index contributed by atoms with van der Waals surface area (Å²) in [6.07, 6.45) is 5.94. The van der Waals surface area contributed by atoms with Crippen LogP contribution in [0.2, 0.25) is 0 Å². The van der Waals surface area contributed by atoms with Crippen LogP contribution in [0.25, 0.3) is 0 Å². The molecule has 5 heteroatoms. The van der Waals surface area contributed by atoms with Crippen LogP contribution >= 0.6 is 0 Å². The van der Waals surface area contributed by atoms with Crippen molar-refractivity contribution in [2.75, 3.05) is 6.54 Å². The van der Waals surface area contributed by atoms with Gasteiger partial charge < -0.3 is 15.7 Å². The van der Waals surface area contributed by atoms with Crippen LogP contribution in [0.5, 0.6) is 0 Å². The molecule has 2 rings (SSSR count). The molecule has 0 radical (unpaired) electrons. The molecule has 3 N–H and O–H groups in total. The van der Waals surface area contributed by atoms with Crippen LogP contribution in [-0.4, -0.2) is 35.6 Å². The molecule has 2 aliphatic rings. The molecule has 102 valence electrons. The van der Waals surface area contributed by atoms with Crippen LogP contribution in [0.3, 0.4) is 0 Å². The van der Waals surface area contributed by atoms with Crippen molar-refractivity contribution in [1.82, 2.24) is 10.6 Å². The van der Waals surface area contributed by atoms with Gasteiger partial charge in [-0.1, -0.05) is 0 Å². The van der Waals surface area contributed by atoms with Gasteiger partial charge in [0, 0.05) is 25.0 Å². The van der Waals surface area contributed by atoms with Gasteiger partial charge in [0.25, 0.3) is 0 Å². The van der Waals surface area contributed by atoms with Gasteiger partial charge in [-0.05, 0) is 38.5 Å². The van der Waals surface area contributed by atoms with E-state index in [2.05, 4.69) is 10.6 Å². The number of rotatable bonds is 3. The smallest absolute Gasteiger partial charge is 0.306 e. The van der Waals surface area contributed by atoms with Crippen molar-refractivity contribution < 1.29 is 14.7 Å². The van der Waals surface area contributed by atoms with Crippen LogP contribution in [0.4, 0.5) is 0 Å². The highest BCUT2D eigenvalue weighted by atomic mass is 16.4. The van der Waals surface area contributed by atoms with E-state index in [1.807, 2.05) is 0 Å². The minimum atomic E-state index is -0.665. The number of aliphatic carboxylic acids is 1. The SMILES string of the molecule is O=C1CC(NC2CCC(C(=O)O)CC2)CCCN1. The fraction of sp³-hybridized carbons (Fsp3) is 0.846. The summed E-state index contributed by atoms with van der Waals surface area (Å²) in [5.41, 5.74) is 0. The number of amides is 1. The van der Waals surface area contributed by atoms with E-state index in [-0.39, 0.29) is 17.9 Å². The van der Waals surface area contributed by atoms with Crippen LogP contribution < -0.4 is 10.6 Å². The van der Waals surface area contributed by atoms with Gasteiger partial charge in [-0.3, -0.25) is 9.59 Å². The molecule has 18 heavy (non-hydrogen) atoms. The summed E-state index contributed by atoms with van der Waals surface area (Å²) in [6.45, 7) is 0.781. The maximum absolute atomic E-state index is 11.4. The van der Waals surface area contributed by atoms with E-state index in [0.29, 0.717) is 12.5 Å². The number of carboxylic acids is 1. The molecule has 1 amide bonds. The third kappa shape index (κ3) is 3.70. The van der Waals surface area contributed by atoms with E-state index < -0.39 is 5.97 Å². The molecule has 1 saturated carbocycles. The molecular formula is C13H22N2O3. The van der Waals surface area contributed by atoms with Crippen molar-refractivity contribution in [1.29, 1.82) is 0 Å². The molecule has 1 atom stereocenters. The van der Waals surface area contributed by atoms with Gasteiger partial charge in [-0.15, -0.1) is 0 Å². The lowest BCUT2D eigenvalue weighted by molar-refractivity contribution is -0.142. The van der Waals surface area contributed by atoms with Gasteiger partial charge in [-0.2, -0.15) is 0 Å². The third-order valence-corrected chi connectivity index (χ3v) is 4.03. The van der Waals surface area contributed by atoms with Gasteiger partial charge >= 0.3 is 5.97 Å². The quantitative estimate of drug-likeness (QED) is 0.699. The summed E-state index contributed by atoms with van der Waals surface area (Å²) in [5.74, 6) is -0.702. The van der Waals surface area contributed by atoms with Crippen LogP contribution in [0, 0.1) is 5.92 Å². The maximum Gasteiger partial charge on any atom is 0.306 e. The lowest BCUT2D eigenvalue weighted by Gasteiger charge is -2.30. The molecule has 1 aliphatic heterocycles. The van der Waals surface area contributed by atoms with Gasteiger partial charge in [0.1, 0.15) is 0 Å². The first-order chi connectivity index (χ1) is 8.65. The Labute approximate surface area is 107 Å². The molecule has 2 fully saturated rings. The second kappa shape index (κ2) is 6.18. The van der Waals surface area contributed by atoms with Gasteiger partial charge in [0.15, 0.2) is 0 Å². The Balaban J connectivity index is 1.76. The predicted octanol–water partition coefficient (Wildman–Crippen LogP) is 0.888. The highest BCUT2D eigenvalue weighted by Crippen LogP contribution is 2.25. The zero-order valence-electron chi connectivity index (χ0n) is 10.7. The summed E-state index contributed by atoms with van der Waals surface area (Å²) in [6, 6.07) is 0.648. The number of hydrogen-bond donors (Lipinski definition) is 3. The summed E-state index contributed by atoms with van der Waals surface area (Å²) < 4.78 is 0. The molecule has 1 aliphatic carbocycles. The maximum atomic E-state index is 11.4. The van der Waals surface area contributed by atoms with Crippen LogP contribution in [-0.2, 0) is 9.59 Å². The largest absolute Gasteiger partial charge is 0.481 e. The monoisotopic (exact) mass is 254 g/mol. The molecule has 0 aromatic rings.